The predicted octanol–water partition coefficient (Wildman–Crippen LogP) is 2.55. The first-order valence-electron chi connectivity index (χ1n) is 8.54. The van der Waals surface area contributed by atoms with Crippen molar-refractivity contribution in [2.24, 2.45) is 0 Å². The molecule has 0 spiro atoms. The van der Waals surface area contributed by atoms with Gasteiger partial charge in [-0.3, -0.25) is 4.79 Å². The number of halogens is 1. The summed E-state index contributed by atoms with van der Waals surface area (Å²) >= 11 is 0. The van der Waals surface area contributed by atoms with E-state index >= 15 is 0 Å². The van der Waals surface area contributed by atoms with E-state index in [9.17, 15) is 17.6 Å². The van der Waals surface area contributed by atoms with Crippen LogP contribution in [-0.2, 0) is 21.4 Å². The van der Waals surface area contributed by atoms with Gasteiger partial charge in [-0.15, -0.1) is 0 Å². The summed E-state index contributed by atoms with van der Waals surface area (Å²) in [7, 11) is -3.68. The Kier molecular flexibility index (Phi) is 7.32. The lowest BCUT2D eigenvalue weighted by Crippen LogP contribution is -2.37. The van der Waals surface area contributed by atoms with Gasteiger partial charge in [0.25, 0.3) is 0 Å². The number of sulfonamides is 1. The van der Waals surface area contributed by atoms with Crippen molar-refractivity contribution in [1.29, 1.82) is 0 Å². The molecule has 0 saturated carbocycles. The van der Waals surface area contributed by atoms with E-state index in [0.29, 0.717) is 12.4 Å². The molecule has 0 aliphatic rings. The van der Waals surface area contributed by atoms with Crippen LogP contribution in [0, 0.1) is 5.82 Å². The Balaban J connectivity index is 1.94. The Morgan fingerprint density at radius 2 is 1.74 bits per heavy atom. The van der Waals surface area contributed by atoms with Gasteiger partial charge >= 0.3 is 0 Å². The summed E-state index contributed by atoms with van der Waals surface area (Å²) in [6, 6.07) is 11.9. The summed E-state index contributed by atoms with van der Waals surface area (Å²) in [5.74, 6) is 0.0503. The number of ether oxygens (including phenoxy) is 1. The second-order valence-electron chi connectivity index (χ2n) is 5.87. The lowest BCUT2D eigenvalue weighted by molar-refractivity contribution is -0.129. The van der Waals surface area contributed by atoms with Crippen LogP contribution in [0.2, 0.25) is 0 Å². The van der Waals surface area contributed by atoms with Gasteiger partial charge < -0.3 is 9.64 Å². The minimum absolute atomic E-state index is 0.0658. The van der Waals surface area contributed by atoms with E-state index in [1.807, 2.05) is 6.92 Å². The molecule has 1 N–H and O–H groups in total. The number of rotatable bonds is 9. The van der Waals surface area contributed by atoms with Crippen LogP contribution >= 0.6 is 0 Å². The molecule has 0 aliphatic heterocycles. The molecule has 0 fully saturated rings. The van der Waals surface area contributed by atoms with Gasteiger partial charge in [0.15, 0.2) is 0 Å². The number of amides is 1. The zero-order valence-electron chi connectivity index (χ0n) is 15.3. The molecule has 0 bridgehead atoms. The zero-order valence-corrected chi connectivity index (χ0v) is 16.1. The number of nitrogens with one attached hydrogen (secondary N) is 1. The molecule has 2 rings (SSSR count). The molecule has 6 nitrogen and oxygen atoms in total. The van der Waals surface area contributed by atoms with Gasteiger partial charge in [-0.1, -0.05) is 12.1 Å². The number of hydrogen-bond acceptors (Lipinski definition) is 4. The highest BCUT2D eigenvalue weighted by Gasteiger charge is 2.15. The standard InChI is InChI=1S/C19H23FN2O4S/c1-3-26-18-8-10-19(11-9-18)27(24,25)21-12-13-22(15(2)23)14-16-4-6-17(20)7-5-16/h4-11,21H,3,12-14H2,1-2H3. The molecule has 0 aliphatic carbocycles. The monoisotopic (exact) mass is 394 g/mol. The third kappa shape index (κ3) is 6.33. The van der Waals surface area contributed by atoms with E-state index in [1.54, 1.807) is 24.3 Å². The molecule has 8 heteroatoms. The number of nitrogens with zero attached hydrogens (tertiary/aromatic N) is 1. The fourth-order valence-corrected chi connectivity index (χ4v) is 3.46. The molecule has 2 aromatic rings. The van der Waals surface area contributed by atoms with Crippen molar-refractivity contribution in [3.63, 3.8) is 0 Å². The first-order chi connectivity index (χ1) is 12.8. The van der Waals surface area contributed by atoms with Gasteiger partial charge in [0, 0.05) is 26.6 Å². The molecule has 2 aromatic carbocycles. The average molecular weight is 394 g/mol. The number of benzene rings is 2. The SMILES string of the molecule is CCOc1ccc(S(=O)(=O)NCCN(Cc2ccc(F)cc2)C(C)=O)cc1. The summed E-state index contributed by atoms with van der Waals surface area (Å²) in [5, 5.41) is 0. The Morgan fingerprint density at radius 3 is 2.30 bits per heavy atom. The van der Waals surface area contributed by atoms with Gasteiger partial charge in [-0.05, 0) is 48.9 Å². The molecule has 0 aromatic heterocycles. The largest absolute Gasteiger partial charge is 0.494 e. The highest BCUT2D eigenvalue weighted by molar-refractivity contribution is 7.89. The second-order valence-corrected chi connectivity index (χ2v) is 7.64. The zero-order chi connectivity index (χ0) is 19.9. The Morgan fingerprint density at radius 1 is 1.11 bits per heavy atom. The third-order valence-electron chi connectivity index (χ3n) is 3.85. The van der Waals surface area contributed by atoms with Crippen LogP contribution in [0.1, 0.15) is 19.4 Å². The van der Waals surface area contributed by atoms with Crippen molar-refractivity contribution in [1.82, 2.24) is 9.62 Å². The minimum atomic E-state index is -3.68. The van der Waals surface area contributed by atoms with E-state index in [-0.39, 0.29) is 36.3 Å². The lowest BCUT2D eigenvalue weighted by Gasteiger charge is -2.21. The van der Waals surface area contributed by atoms with Gasteiger partial charge in [-0.25, -0.2) is 17.5 Å². The van der Waals surface area contributed by atoms with E-state index in [0.717, 1.165) is 5.56 Å². The van der Waals surface area contributed by atoms with Crippen LogP contribution in [0.25, 0.3) is 0 Å². The highest BCUT2D eigenvalue weighted by Crippen LogP contribution is 2.15. The molecule has 146 valence electrons. The molecule has 0 heterocycles. The second kappa shape index (κ2) is 9.48. The first-order valence-corrected chi connectivity index (χ1v) is 10.0. The topological polar surface area (TPSA) is 75.7 Å². The maximum absolute atomic E-state index is 13.0. The van der Waals surface area contributed by atoms with Gasteiger partial charge in [0.1, 0.15) is 11.6 Å². The van der Waals surface area contributed by atoms with Gasteiger partial charge in [0.2, 0.25) is 15.9 Å². The molecular formula is C19H23FN2O4S. The number of carbonyl (C=O) groups excluding carboxylic acids is 1. The lowest BCUT2D eigenvalue weighted by atomic mass is 10.2. The fraction of sp³-hybridized carbons (Fsp3) is 0.316. The van der Waals surface area contributed by atoms with Crippen LogP contribution in [0.4, 0.5) is 4.39 Å². The Bertz CT molecular complexity index is 852. The minimum Gasteiger partial charge on any atom is -0.494 e. The molecule has 1 amide bonds. The smallest absolute Gasteiger partial charge is 0.240 e. The molecule has 0 saturated heterocycles. The van der Waals surface area contributed by atoms with E-state index in [4.69, 9.17) is 4.74 Å². The van der Waals surface area contributed by atoms with Crippen molar-refractivity contribution in [3.8, 4) is 5.75 Å². The molecular weight excluding hydrogens is 371 g/mol. The van der Waals surface area contributed by atoms with Crippen LogP contribution in [-0.4, -0.2) is 38.9 Å². The van der Waals surface area contributed by atoms with Crippen molar-refractivity contribution in [2.45, 2.75) is 25.3 Å². The van der Waals surface area contributed by atoms with Gasteiger partial charge in [-0.2, -0.15) is 0 Å². The summed E-state index contributed by atoms with van der Waals surface area (Å²) in [6.45, 7) is 4.29. The molecule has 0 atom stereocenters. The summed E-state index contributed by atoms with van der Waals surface area (Å²) in [4.78, 5) is 13.4. The molecule has 27 heavy (non-hydrogen) atoms. The van der Waals surface area contributed by atoms with E-state index < -0.39 is 10.0 Å². The number of hydrogen-bond donors (Lipinski definition) is 1. The molecule has 0 radical (unpaired) electrons. The normalized spacial score (nSPS) is 11.2. The average Bonchev–Trinajstić information content (AvgIpc) is 2.63. The quantitative estimate of drug-likeness (QED) is 0.709. The van der Waals surface area contributed by atoms with E-state index in [1.165, 1.54) is 36.1 Å². The van der Waals surface area contributed by atoms with Crippen LogP contribution in [0.5, 0.6) is 5.75 Å². The Hall–Kier alpha value is -2.45. The van der Waals surface area contributed by atoms with Crippen LogP contribution in [0.3, 0.4) is 0 Å². The number of carbonyl (C=O) groups is 1. The van der Waals surface area contributed by atoms with E-state index in [2.05, 4.69) is 4.72 Å². The first kappa shape index (κ1) is 20.9. The highest BCUT2D eigenvalue weighted by atomic mass is 32.2. The third-order valence-corrected chi connectivity index (χ3v) is 5.33. The summed E-state index contributed by atoms with van der Waals surface area (Å²) in [6.07, 6.45) is 0. The van der Waals surface area contributed by atoms with Crippen molar-refractivity contribution in [3.05, 3.63) is 59.9 Å². The fourth-order valence-electron chi connectivity index (χ4n) is 2.44. The summed E-state index contributed by atoms with van der Waals surface area (Å²) in [5.41, 5.74) is 0.765. The van der Waals surface area contributed by atoms with Crippen LogP contribution < -0.4 is 9.46 Å². The van der Waals surface area contributed by atoms with Crippen molar-refractivity contribution in [2.75, 3.05) is 19.7 Å². The van der Waals surface area contributed by atoms with Crippen LogP contribution in [0.15, 0.2) is 53.4 Å². The predicted molar refractivity (Wildman–Crippen MR) is 100 cm³/mol. The maximum Gasteiger partial charge on any atom is 0.240 e. The van der Waals surface area contributed by atoms with Crippen molar-refractivity contribution >= 4 is 15.9 Å². The Labute approximate surface area is 159 Å². The van der Waals surface area contributed by atoms with Gasteiger partial charge in [0.05, 0.1) is 11.5 Å². The molecule has 0 unspecified atom stereocenters. The maximum atomic E-state index is 13.0. The van der Waals surface area contributed by atoms with Crippen molar-refractivity contribution < 1.29 is 22.3 Å². The summed E-state index contributed by atoms with van der Waals surface area (Å²) < 4.78 is 45.5.